The molecule has 0 saturated heterocycles. The molecule has 1 fully saturated rings. The van der Waals surface area contributed by atoms with Crippen molar-refractivity contribution in [1.29, 1.82) is 0 Å². The Morgan fingerprint density at radius 3 is 2.62 bits per heavy atom. The lowest BCUT2D eigenvalue weighted by molar-refractivity contribution is 0.278. The van der Waals surface area contributed by atoms with Gasteiger partial charge >= 0.3 is 0 Å². The van der Waals surface area contributed by atoms with Crippen LogP contribution in [0.1, 0.15) is 18.4 Å². The van der Waals surface area contributed by atoms with Gasteiger partial charge in [-0.05, 0) is 30.4 Å². The highest BCUT2D eigenvalue weighted by atomic mass is 32.2. The Labute approximate surface area is 95.4 Å². The Balaban J connectivity index is 2.19. The van der Waals surface area contributed by atoms with Crippen LogP contribution in [0.5, 0.6) is 0 Å². The van der Waals surface area contributed by atoms with Crippen LogP contribution in [0.25, 0.3) is 0 Å². The number of benzene rings is 1. The molecule has 0 aliphatic heterocycles. The molecule has 1 aromatic carbocycles. The van der Waals surface area contributed by atoms with Gasteiger partial charge in [-0.25, -0.2) is 13.1 Å². The van der Waals surface area contributed by atoms with Crippen LogP contribution in [0.2, 0.25) is 0 Å². The fourth-order valence-electron chi connectivity index (χ4n) is 1.52. The molecule has 4 nitrogen and oxygen atoms in total. The maximum absolute atomic E-state index is 11.9. The average Bonchev–Trinajstić information content (AvgIpc) is 3.10. The van der Waals surface area contributed by atoms with E-state index in [0.29, 0.717) is 18.0 Å². The van der Waals surface area contributed by atoms with E-state index < -0.39 is 10.0 Å². The minimum absolute atomic E-state index is 0.179. The van der Waals surface area contributed by atoms with Crippen LogP contribution in [-0.4, -0.2) is 20.1 Å². The third kappa shape index (κ3) is 2.61. The summed E-state index contributed by atoms with van der Waals surface area (Å²) in [6, 6.07) is 6.50. The maximum atomic E-state index is 11.9. The van der Waals surface area contributed by atoms with E-state index in [4.69, 9.17) is 5.11 Å². The average molecular weight is 241 g/mol. The van der Waals surface area contributed by atoms with Crippen molar-refractivity contribution in [1.82, 2.24) is 4.72 Å². The van der Waals surface area contributed by atoms with Gasteiger partial charge in [0.1, 0.15) is 0 Å². The van der Waals surface area contributed by atoms with Gasteiger partial charge in [-0.3, -0.25) is 0 Å². The Bertz CT molecular complexity index is 466. The fraction of sp³-hybridized carbons (Fsp3) is 0.455. The Kier molecular flexibility index (Phi) is 3.28. The maximum Gasteiger partial charge on any atom is 0.240 e. The highest BCUT2D eigenvalue weighted by molar-refractivity contribution is 7.89. The molecule has 16 heavy (non-hydrogen) atoms. The van der Waals surface area contributed by atoms with Crippen molar-refractivity contribution in [2.45, 2.75) is 24.3 Å². The molecule has 5 heteroatoms. The third-order valence-electron chi connectivity index (χ3n) is 2.69. The molecule has 88 valence electrons. The zero-order valence-electron chi connectivity index (χ0n) is 8.89. The number of sulfonamides is 1. The largest absolute Gasteiger partial charge is 0.392 e. The molecule has 2 rings (SSSR count). The highest BCUT2D eigenvalue weighted by Gasteiger charge is 2.25. The SMILES string of the molecule is O=S(=O)(NCC1CC1)c1ccccc1CO. The van der Waals surface area contributed by atoms with Crippen LogP contribution >= 0.6 is 0 Å². The molecule has 0 amide bonds. The molecular formula is C11H15NO3S. The molecule has 1 aliphatic rings. The third-order valence-corrected chi connectivity index (χ3v) is 4.22. The normalized spacial score (nSPS) is 16.3. The first-order valence-corrected chi connectivity index (χ1v) is 6.80. The van der Waals surface area contributed by atoms with E-state index in [1.54, 1.807) is 18.2 Å². The predicted octanol–water partition coefficient (Wildman–Crippen LogP) is 0.867. The molecule has 1 aliphatic carbocycles. The molecule has 0 atom stereocenters. The second kappa shape index (κ2) is 4.53. The summed E-state index contributed by atoms with van der Waals surface area (Å²) in [4.78, 5) is 0.179. The summed E-state index contributed by atoms with van der Waals surface area (Å²) in [6.07, 6.45) is 2.20. The number of aliphatic hydroxyl groups is 1. The van der Waals surface area contributed by atoms with Gasteiger partial charge in [0.15, 0.2) is 0 Å². The molecule has 0 bridgehead atoms. The standard InChI is InChI=1S/C11H15NO3S/c13-8-10-3-1-2-4-11(10)16(14,15)12-7-9-5-6-9/h1-4,9,12-13H,5-8H2. The summed E-state index contributed by atoms with van der Waals surface area (Å²) in [7, 11) is -3.47. The zero-order chi connectivity index (χ0) is 11.6. The molecular weight excluding hydrogens is 226 g/mol. The van der Waals surface area contributed by atoms with Crippen LogP contribution in [0.4, 0.5) is 0 Å². The molecule has 1 aromatic rings. The van der Waals surface area contributed by atoms with E-state index >= 15 is 0 Å². The fourth-order valence-corrected chi connectivity index (χ4v) is 2.87. The highest BCUT2D eigenvalue weighted by Crippen LogP contribution is 2.28. The molecule has 0 unspecified atom stereocenters. The van der Waals surface area contributed by atoms with E-state index in [2.05, 4.69) is 4.72 Å². The van der Waals surface area contributed by atoms with Crippen molar-refractivity contribution < 1.29 is 13.5 Å². The molecule has 0 spiro atoms. The number of aliphatic hydroxyl groups excluding tert-OH is 1. The summed E-state index contributed by atoms with van der Waals surface area (Å²) in [5.74, 6) is 0.496. The van der Waals surface area contributed by atoms with Crippen molar-refractivity contribution in [2.75, 3.05) is 6.54 Å². The quantitative estimate of drug-likeness (QED) is 0.803. The Hall–Kier alpha value is -0.910. The first kappa shape index (κ1) is 11.6. The van der Waals surface area contributed by atoms with Gasteiger partial charge in [0, 0.05) is 6.54 Å². The van der Waals surface area contributed by atoms with Crippen molar-refractivity contribution in [3.63, 3.8) is 0 Å². The van der Waals surface area contributed by atoms with Crippen molar-refractivity contribution in [2.24, 2.45) is 5.92 Å². The summed E-state index contributed by atoms with van der Waals surface area (Å²) in [6.45, 7) is 0.239. The van der Waals surface area contributed by atoms with Gasteiger partial charge in [0.2, 0.25) is 10.0 Å². The lowest BCUT2D eigenvalue weighted by Crippen LogP contribution is -2.26. The van der Waals surface area contributed by atoms with Crippen LogP contribution in [0.3, 0.4) is 0 Å². The molecule has 2 N–H and O–H groups in total. The zero-order valence-corrected chi connectivity index (χ0v) is 9.70. The molecule has 0 radical (unpaired) electrons. The van der Waals surface area contributed by atoms with E-state index in [9.17, 15) is 8.42 Å². The lowest BCUT2D eigenvalue weighted by Gasteiger charge is -2.09. The van der Waals surface area contributed by atoms with Gasteiger partial charge in [0.05, 0.1) is 11.5 Å². The summed E-state index contributed by atoms with van der Waals surface area (Å²) in [5, 5.41) is 9.08. The van der Waals surface area contributed by atoms with Crippen LogP contribution in [0.15, 0.2) is 29.2 Å². The molecule has 0 heterocycles. The number of rotatable bonds is 5. The topological polar surface area (TPSA) is 66.4 Å². The number of nitrogens with one attached hydrogen (secondary N) is 1. The van der Waals surface area contributed by atoms with Gasteiger partial charge < -0.3 is 5.11 Å². The predicted molar refractivity (Wildman–Crippen MR) is 60.3 cm³/mol. The number of hydrogen-bond acceptors (Lipinski definition) is 3. The second-order valence-corrected chi connectivity index (χ2v) is 5.80. The molecule has 1 saturated carbocycles. The van der Waals surface area contributed by atoms with E-state index in [-0.39, 0.29) is 11.5 Å². The van der Waals surface area contributed by atoms with Crippen molar-refractivity contribution in [3.05, 3.63) is 29.8 Å². The van der Waals surface area contributed by atoms with Crippen molar-refractivity contribution >= 4 is 10.0 Å². The van der Waals surface area contributed by atoms with Gasteiger partial charge in [-0.2, -0.15) is 0 Å². The monoisotopic (exact) mass is 241 g/mol. The smallest absolute Gasteiger partial charge is 0.240 e. The number of hydrogen-bond donors (Lipinski definition) is 2. The first-order valence-electron chi connectivity index (χ1n) is 5.32. The van der Waals surface area contributed by atoms with Crippen LogP contribution < -0.4 is 4.72 Å². The Morgan fingerprint density at radius 2 is 2.00 bits per heavy atom. The van der Waals surface area contributed by atoms with Crippen LogP contribution in [-0.2, 0) is 16.6 Å². The lowest BCUT2D eigenvalue weighted by atomic mass is 10.2. The first-order chi connectivity index (χ1) is 7.63. The van der Waals surface area contributed by atoms with Gasteiger partial charge in [-0.15, -0.1) is 0 Å². The Morgan fingerprint density at radius 1 is 1.31 bits per heavy atom. The van der Waals surface area contributed by atoms with Crippen LogP contribution in [0, 0.1) is 5.92 Å². The summed E-state index contributed by atoms with van der Waals surface area (Å²) < 4.78 is 26.4. The van der Waals surface area contributed by atoms with Gasteiger partial charge in [-0.1, -0.05) is 18.2 Å². The van der Waals surface area contributed by atoms with E-state index in [0.717, 1.165) is 12.8 Å². The van der Waals surface area contributed by atoms with Gasteiger partial charge in [0.25, 0.3) is 0 Å². The van der Waals surface area contributed by atoms with E-state index in [1.165, 1.54) is 6.07 Å². The second-order valence-electron chi connectivity index (χ2n) is 4.06. The summed E-state index contributed by atoms with van der Waals surface area (Å²) in [5.41, 5.74) is 0.436. The summed E-state index contributed by atoms with van der Waals surface area (Å²) >= 11 is 0. The minimum atomic E-state index is -3.47. The minimum Gasteiger partial charge on any atom is -0.392 e. The van der Waals surface area contributed by atoms with Crippen molar-refractivity contribution in [3.8, 4) is 0 Å². The van der Waals surface area contributed by atoms with E-state index in [1.807, 2.05) is 0 Å². The molecule has 0 aromatic heterocycles.